The third-order valence-corrected chi connectivity index (χ3v) is 1.61. The molecular formula is C8H10ClN. The molecule has 0 aromatic heterocycles. The zero-order valence-corrected chi connectivity index (χ0v) is 6.40. The van der Waals surface area contributed by atoms with Gasteiger partial charge in [0.05, 0.1) is 0 Å². The molecule has 10 heavy (non-hydrogen) atoms. The van der Waals surface area contributed by atoms with Crippen LogP contribution in [0.15, 0.2) is 30.3 Å². The molecule has 2 heteroatoms. The highest BCUT2D eigenvalue weighted by molar-refractivity contribution is 5.85. The van der Waals surface area contributed by atoms with E-state index in [0.29, 0.717) is 6.04 Å². The van der Waals surface area contributed by atoms with Crippen LogP contribution in [-0.2, 0) is 0 Å². The highest BCUT2D eigenvalue weighted by Crippen LogP contribution is 2.19. The van der Waals surface area contributed by atoms with Crippen molar-refractivity contribution in [1.29, 1.82) is 0 Å². The van der Waals surface area contributed by atoms with Crippen LogP contribution in [0.2, 0.25) is 0 Å². The molecule has 1 N–H and O–H groups in total. The molecule has 2 rings (SSSR count). The van der Waals surface area contributed by atoms with E-state index in [4.69, 9.17) is 0 Å². The first-order chi connectivity index (χ1) is 4.47. The molecule has 1 aliphatic rings. The fourth-order valence-corrected chi connectivity index (χ4v) is 0.980. The summed E-state index contributed by atoms with van der Waals surface area (Å²) in [5.41, 5.74) is 1.41. The summed E-state index contributed by atoms with van der Waals surface area (Å²) in [6, 6.07) is 11.2. The third-order valence-electron chi connectivity index (χ3n) is 1.61. The van der Waals surface area contributed by atoms with E-state index in [1.165, 1.54) is 5.56 Å². The maximum Gasteiger partial charge on any atom is 0.0447 e. The molecule has 1 nitrogen and oxygen atoms in total. The molecule has 0 amide bonds. The van der Waals surface area contributed by atoms with E-state index in [9.17, 15) is 0 Å². The Kier molecular flexibility index (Phi) is 2.30. The van der Waals surface area contributed by atoms with Gasteiger partial charge in [-0.2, -0.15) is 0 Å². The number of hydrogen-bond acceptors (Lipinski definition) is 1. The van der Waals surface area contributed by atoms with Crippen LogP contribution in [0.25, 0.3) is 0 Å². The lowest BCUT2D eigenvalue weighted by molar-refractivity contribution is 1.08. The molecule has 0 bridgehead atoms. The minimum atomic E-state index is 0. The smallest absolute Gasteiger partial charge is 0.0447 e. The van der Waals surface area contributed by atoms with Crippen LogP contribution >= 0.6 is 12.4 Å². The van der Waals surface area contributed by atoms with Crippen molar-refractivity contribution in [2.75, 3.05) is 6.54 Å². The second-order valence-electron chi connectivity index (χ2n) is 2.37. The normalized spacial score (nSPS) is 21.4. The molecule has 0 spiro atoms. The predicted octanol–water partition coefficient (Wildman–Crippen LogP) is 1.75. The van der Waals surface area contributed by atoms with E-state index >= 15 is 0 Å². The molecule has 1 fully saturated rings. The summed E-state index contributed by atoms with van der Waals surface area (Å²) >= 11 is 0. The number of hydrogen-bond donors (Lipinski definition) is 1. The molecule has 0 unspecified atom stereocenters. The largest absolute Gasteiger partial charge is 0.307 e. The molecule has 1 aliphatic heterocycles. The van der Waals surface area contributed by atoms with Gasteiger partial charge < -0.3 is 5.32 Å². The summed E-state index contributed by atoms with van der Waals surface area (Å²) in [6.07, 6.45) is 0. The summed E-state index contributed by atoms with van der Waals surface area (Å²) in [5, 5.41) is 3.25. The van der Waals surface area contributed by atoms with Gasteiger partial charge in [-0.1, -0.05) is 30.3 Å². The molecule has 0 saturated carbocycles. The Labute approximate surface area is 66.9 Å². The molecule has 1 atom stereocenters. The van der Waals surface area contributed by atoms with Gasteiger partial charge in [-0.15, -0.1) is 12.4 Å². The monoisotopic (exact) mass is 155 g/mol. The van der Waals surface area contributed by atoms with Gasteiger partial charge >= 0.3 is 0 Å². The lowest BCUT2D eigenvalue weighted by atomic mass is 10.2. The first-order valence-corrected chi connectivity index (χ1v) is 3.25. The maximum atomic E-state index is 3.25. The van der Waals surface area contributed by atoms with Crippen LogP contribution < -0.4 is 5.32 Å². The molecule has 0 radical (unpaired) electrons. The van der Waals surface area contributed by atoms with Crippen molar-refractivity contribution in [2.45, 2.75) is 6.04 Å². The highest BCUT2D eigenvalue weighted by atomic mass is 35.5. The van der Waals surface area contributed by atoms with E-state index in [0.717, 1.165) is 6.54 Å². The molecule has 1 aromatic carbocycles. The fourth-order valence-electron chi connectivity index (χ4n) is 0.980. The van der Waals surface area contributed by atoms with Gasteiger partial charge in [0.15, 0.2) is 0 Å². The van der Waals surface area contributed by atoms with Crippen molar-refractivity contribution >= 4 is 12.4 Å². The summed E-state index contributed by atoms with van der Waals surface area (Å²) in [7, 11) is 0. The van der Waals surface area contributed by atoms with Crippen LogP contribution in [0.1, 0.15) is 11.6 Å². The lowest BCUT2D eigenvalue weighted by Crippen LogP contribution is -1.80. The van der Waals surface area contributed by atoms with Crippen LogP contribution in [0.4, 0.5) is 0 Å². The predicted molar refractivity (Wildman–Crippen MR) is 44.4 cm³/mol. The Bertz CT molecular complexity index is 194. The number of nitrogens with one attached hydrogen (secondary N) is 1. The average Bonchev–Trinajstić information content (AvgIpc) is 2.71. The number of halogens is 1. The summed E-state index contributed by atoms with van der Waals surface area (Å²) < 4.78 is 0. The lowest BCUT2D eigenvalue weighted by Gasteiger charge is -1.91. The fraction of sp³-hybridized carbons (Fsp3) is 0.250. The third kappa shape index (κ3) is 1.49. The van der Waals surface area contributed by atoms with Crippen LogP contribution in [0, 0.1) is 0 Å². The van der Waals surface area contributed by atoms with Gasteiger partial charge in [0, 0.05) is 12.6 Å². The van der Waals surface area contributed by atoms with Crippen molar-refractivity contribution in [3.63, 3.8) is 0 Å². The van der Waals surface area contributed by atoms with Gasteiger partial charge in [-0.25, -0.2) is 0 Å². The first kappa shape index (κ1) is 7.58. The van der Waals surface area contributed by atoms with E-state index in [-0.39, 0.29) is 12.4 Å². The Morgan fingerprint density at radius 1 is 1.20 bits per heavy atom. The average molecular weight is 156 g/mol. The quantitative estimate of drug-likeness (QED) is 0.614. The molecular weight excluding hydrogens is 146 g/mol. The zero-order chi connectivity index (χ0) is 6.10. The highest BCUT2D eigenvalue weighted by Gasteiger charge is 2.20. The Morgan fingerprint density at radius 2 is 1.80 bits per heavy atom. The van der Waals surface area contributed by atoms with Gasteiger partial charge in [0.2, 0.25) is 0 Å². The van der Waals surface area contributed by atoms with E-state index < -0.39 is 0 Å². The van der Waals surface area contributed by atoms with Crippen molar-refractivity contribution in [2.24, 2.45) is 0 Å². The molecule has 1 aromatic rings. The van der Waals surface area contributed by atoms with Crippen molar-refractivity contribution in [3.05, 3.63) is 35.9 Å². The minimum Gasteiger partial charge on any atom is -0.307 e. The van der Waals surface area contributed by atoms with Crippen molar-refractivity contribution in [3.8, 4) is 0 Å². The SMILES string of the molecule is Cl.c1ccc([C@H]2CN2)cc1. The van der Waals surface area contributed by atoms with Gasteiger partial charge in [0.25, 0.3) is 0 Å². The second kappa shape index (κ2) is 3.04. The van der Waals surface area contributed by atoms with E-state index in [2.05, 4.69) is 29.6 Å². The zero-order valence-electron chi connectivity index (χ0n) is 5.58. The van der Waals surface area contributed by atoms with Crippen molar-refractivity contribution in [1.82, 2.24) is 5.32 Å². The van der Waals surface area contributed by atoms with E-state index in [1.54, 1.807) is 0 Å². The van der Waals surface area contributed by atoms with Gasteiger partial charge in [-0.3, -0.25) is 0 Å². The van der Waals surface area contributed by atoms with Crippen LogP contribution in [-0.4, -0.2) is 6.54 Å². The summed E-state index contributed by atoms with van der Waals surface area (Å²) in [6.45, 7) is 1.16. The molecule has 1 saturated heterocycles. The van der Waals surface area contributed by atoms with Gasteiger partial charge in [0.1, 0.15) is 0 Å². The summed E-state index contributed by atoms with van der Waals surface area (Å²) in [4.78, 5) is 0. The van der Waals surface area contributed by atoms with E-state index in [1.807, 2.05) is 6.07 Å². The topological polar surface area (TPSA) is 21.9 Å². The number of rotatable bonds is 1. The van der Waals surface area contributed by atoms with Crippen molar-refractivity contribution < 1.29 is 0 Å². The maximum absolute atomic E-state index is 3.25. The molecule has 0 aliphatic carbocycles. The Balaban J connectivity index is 0.000000500. The minimum absolute atomic E-state index is 0. The molecule has 1 heterocycles. The first-order valence-electron chi connectivity index (χ1n) is 3.25. The standard InChI is InChI=1S/C8H9N.ClH/c1-2-4-7(5-3-1)8-6-9-8;/h1-5,8-9H,6H2;1H/t8-;/m1./s1. The summed E-state index contributed by atoms with van der Waals surface area (Å²) in [5.74, 6) is 0. The van der Waals surface area contributed by atoms with Crippen LogP contribution in [0.3, 0.4) is 0 Å². The van der Waals surface area contributed by atoms with Crippen LogP contribution in [0.5, 0.6) is 0 Å². The number of benzene rings is 1. The Hall–Kier alpha value is -0.530. The Morgan fingerprint density at radius 3 is 2.30 bits per heavy atom. The second-order valence-corrected chi connectivity index (χ2v) is 2.37. The van der Waals surface area contributed by atoms with Gasteiger partial charge in [-0.05, 0) is 5.56 Å². The molecule has 54 valence electrons.